The lowest BCUT2D eigenvalue weighted by atomic mass is 10.3. The molecule has 0 fully saturated rings. The zero-order chi connectivity index (χ0) is 7.84. The molecule has 1 aromatic rings. The molecule has 0 spiro atoms. The average Bonchev–Trinajstić information content (AvgIpc) is 2.40. The maximum absolute atomic E-state index is 5.46. The van der Waals surface area contributed by atoms with E-state index in [1.54, 1.807) is 0 Å². The van der Waals surface area contributed by atoms with Crippen molar-refractivity contribution in [2.75, 3.05) is 0 Å². The van der Waals surface area contributed by atoms with Gasteiger partial charge in [0, 0.05) is 12.1 Å². The number of nitrogens with one attached hydrogen (secondary N) is 1. The number of rotatable bonds is 0. The Kier molecular flexibility index (Phi) is 1.32. The first-order valence-electron chi connectivity index (χ1n) is 3.33. The Morgan fingerprint density at radius 2 is 2.55 bits per heavy atom. The molecular formula is C6H8N4S. The van der Waals surface area contributed by atoms with Gasteiger partial charge in [-0.25, -0.2) is 0 Å². The van der Waals surface area contributed by atoms with Gasteiger partial charge in [-0.3, -0.25) is 5.10 Å². The van der Waals surface area contributed by atoms with Crippen LogP contribution in [0.25, 0.3) is 0 Å². The number of aromatic nitrogens is 2. The maximum atomic E-state index is 5.46. The third-order valence-electron chi connectivity index (χ3n) is 1.83. The van der Waals surface area contributed by atoms with Gasteiger partial charge < -0.3 is 10.6 Å². The van der Waals surface area contributed by atoms with Crippen molar-refractivity contribution in [3.63, 3.8) is 0 Å². The first kappa shape index (κ1) is 6.60. The number of hydrogen-bond acceptors (Lipinski definition) is 2. The van der Waals surface area contributed by atoms with Gasteiger partial charge in [0.15, 0.2) is 5.11 Å². The summed E-state index contributed by atoms with van der Waals surface area (Å²) in [6, 6.07) is 0. The van der Waals surface area contributed by atoms with E-state index in [0.29, 0.717) is 5.11 Å². The summed E-state index contributed by atoms with van der Waals surface area (Å²) in [5.41, 5.74) is 7.77. The van der Waals surface area contributed by atoms with Gasteiger partial charge in [0.1, 0.15) is 0 Å². The zero-order valence-electron chi connectivity index (χ0n) is 5.87. The fourth-order valence-electron chi connectivity index (χ4n) is 1.22. The van der Waals surface area contributed by atoms with Gasteiger partial charge in [-0.1, -0.05) is 0 Å². The highest BCUT2D eigenvalue weighted by molar-refractivity contribution is 7.80. The molecule has 1 aliphatic heterocycles. The van der Waals surface area contributed by atoms with Crippen LogP contribution in [0.4, 0.5) is 0 Å². The van der Waals surface area contributed by atoms with E-state index < -0.39 is 0 Å². The van der Waals surface area contributed by atoms with Gasteiger partial charge in [-0.2, -0.15) is 5.10 Å². The SMILES string of the molecule is NC(=S)N1Cc2cn[nH]c2C1. The van der Waals surface area contributed by atoms with E-state index >= 15 is 0 Å². The average molecular weight is 168 g/mol. The quantitative estimate of drug-likeness (QED) is 0.534. The number of nitrogens with zero attached hydrogens (tertiary/aromatic N) is 2. The molecule has 0 atom stereocenters. The summed E-state index contributed by atoms with van der Waals surface area (Å²) >= 11 is 4.84. The molecule has 58 valence electrons. The smallest absolute Gasteiger partial charge is 0.166 e. The monoisotopic (exact) mass is 168 g/mol. The minimum absolute atomic E-state index is 0.453. The van der Waals surface area contributed by atoms with Gasteiger partial charge >= 0.3 is 0 Å². The molecule has 3 N–H and O–H groups in total. The second-order valence-corrected chi connectivity index (χ2v) is 2.99. The summed E-state index contributed by atoms with van der Waals surface area (Å²) in [4.78, 5) is 1.93. The minimum Gasteiger partial charge on any atom is -0.376 e. The van der Waals surface area contributed by atoms with Crippen molar-refractivity contribution in [1.29, 1.82) is 0 Å². The molecule has 0 aromatic carbocycles. The van der Waals surface area contributed by atoms with Crippen molar-refractivity contribution in [1.82, 2.24) is 15.1 Å². The lowest BCUT2D eigenvalue weighted by molar-refractivity contribution is 0.444. The summed E-state index contributed by atoms with van der Waals surface area (Å²) in [6.07, 6.45) is 1.81. The van der Waals surface area contributed by atoms with Crippen molar-refractivity contribution in [2.24, 2.45) is 5.73 Å². The lowest BCUT2D eigenvalue weighted by Crippen LogP contribution is -2.30. The standard InChI is InChI=1S/C6H8N4S/c7-6(11)10-2-4-1-8-9-5(4)3-10/h1H,2-3H2,(H2,7,11)(H,8,9). The number of fused-ring (bicyclic) bond motifs is 1. The second-order valence-electron chi connectivity index (χ2n) is 2.57. The van der Waals surface area contributed by atoms with E-state index in [1.165, 1.54) is 5.56 Å². The zero-order valence-corrected chi connectivity index (χ0v) is 6.69. The van der Waals surface area contributed by atoms with E-state index in [0.717, 1.165) is 18.8 Å². The van der Waals surface area contributed by atoms with Crippen molar-refractivity contribution < 1.29 is 0 Å². The predicted octanol–water partition coefficient (Wildman–Crippen LogP) is -0.0311. The van der Waals surface area contributed by atoms with Crippen molar-refractivity contribution >= 4 is 17.3 Å². The third kappa shape index (κ3) is 0.970. The summed E-state index contributed by atoms with van der Waals surface area (Å²) < 4.78 is 0. The Hall–Kier alpha value is -1.10. The molecule has 0 amide bonds. The molecule has 1 aromatic heterocycles. The van der Waals surface area contributed by atoms with Crippen LogP contribution in [0.5, 0.6) is 0 Å². The molecule has 1 aliphatic rings. The molecule has 0 radical (unpaired) electrons. The van der Waals surface area contributed by atoms with Gasteiger partial charge in [0.2, 0.25) is 0 Å². The summed E-state index contributed by atoms with van der Waals surface area (Å²) in [5, 5.41) is 7.25. The van der Waals surface area contributed by atoms with Crippen LogP contribution >= 0.6 is 12.2 Å². The molecule has 0 aliphatic carbocycles. The number of H-pyrrole nitrogens is 1. The predicted molar refractivity (Wildman–Crippen MR) is 44.6 cm³/mol. The highest BCUT2D eigenvalue weighted by Gasteiger charge is 2.20. The molecule has 2 rings (SSSR count). The number of hydrogen-bond donors (Lipinski definition) is 2. The van der Waals surface area contributed by atoms with Crippen molar-refractivity contribution in [3.8, 4) is 0 Å². The van der Waals surface area contributed by atoms with E-state index in [4.69, 9.17) is 18.0 Å². The van der Waals surface area contributed by atoms with Gasteiger partial charge in [0.05, 0.1) is 18.4 Å². The van der Waals surface area contributed by atoms with Crippen LogP contribution in [0.2, 0.25) is 0 Å². The number of aromatic amines is 1. The van der Waals surface area contributed by atoms with E-state index in [9.17, 15) is 0 Å². The Morgan fingerprint density at radius 1 is 1.73 bits per heavy atom. The second kappa shape index (κ2) is 2.20. The molecule has 0 bridgehead atoms. The van der Waals surface area contributed by atoms with Gasteiger partial charge in [-0.15, -0.1) is 0 Å². The van der Waals surface area contributed by atoms with Crippen LogP contribution < -0.4 is 5.73 Å². The number of nitrogens with two attached hydrogens (primary N) is 1. The summed E-state index contributed by atoms with van der Waals surface area (Å²) in [5.74, 6) is 0. The lowest BCUT2D eigenvalue weighted by Gasteiger charge is -2.13. The van der Waals surface area contributed by atoms with Crippen LogP contribution in [0, 0.1) is 0 Å². The van der Waals surface area contributed by atoms with E-state index in [2.05, 4.69) is 10.2 Å². The van der Waals surface area contributed by atoms with Crippen LogP contribution in [0.1, 0.15) is 11.3 Å². The Labute approximate surface area is 69.4 Å². The first-order valence-corrected chi connectivity index (χ1v) is 3.73. The summed E-state index contributed by atoms with van der Waals surface area (Å²) in [7, 11) is 0. The molecular weight excluding hydrogens is 160 g/mol. The molecule has 0 saturated heterocycles. The molecule has 5 heteroatoms. The van der Waals surface area contributed by atoms with E-state index in [-0.39, 0.29) is 0 Å². The van der Waals surface area contributed by atoms with Gasteiger partial charge in [-0.05, 0) is 12.2 Å². The highest BCUT2D eigenvalue weighted by Crippen LogP contribution is 2.18. The summed E-state index contributed by atoms with van der Waals surface area (Å²) in [6.45, 7) is 1.56. The molecule has 2 heterocycles. The fraction of sp³-hybridized carbons (Fsp3) is 0.333. The normalized spacial score (nSPS) is 15.1. The molecule has 0 saturated carbocycles. The first-order chi connectivity index (χ1) is 5.27. The van der Waals surface area contributed by atoms with Crippen LogP contribution in [-0.4, -0.2) is 20.2 Å². The molecule has 11 heavy (non-hydrogen) atoms. The van der Waals surface area contributed by atoms with Crippen LogP contribution in [-0.2, 0) is 13.1 Å². The Balaban J connectivity index is 2.22. The van der Waals surface area contributed by atoms with Crippen molar-refractivity contribution in [3.05, 3.63) is 17.5 Å². The molecule has 0 unspecified atom stereocenters. The van der Waals surface area contributed by atoms with E-state index in [1.807, 2.05) is 11.1 Å². The minimum atomic E-state index is 0.453. The Morgan fingerprint density at radius 3 is 3.18 bits per heavy atom. The highest BCUT2D eigenvalue weighted by atomic mass is 32.1. The number of thiocarbonyl (C=S) groups is 1. The third-order valence-corrected chi connectivity index (χ3v) is 2.09. The van der Waals surface area contributed by atoms with Crippen LogP contribution in [0.3, 0.4) is 0 Å². The van der Waals surface area contributed by atoms with Crippen LogP contribution in [0.15, 0.2) is 6.20 Å². The van der Waals surface area contributed by atoms with Gasteiger partial charge in [0.25, 0.3) is 0 Å². The molecule has 4 nitrogen and oxygen atoms in total. The fourth-order valence-corrected chi connectivity index (χ4v) is 1.35. The largest absolute Gasteiger partial charge is 0.376 e. The maximum Gasteiger partial charge on any atom is 0.166 e. The Bertz CT molecular complexity index is 272. The topological polar surface area (TPSA) is 57.9 Å². The van der Waals surface area contributed by atoms with Crippen molar-refractivity contribution in [2.45, 2.75) is 13.1 Å².